The van der Waals surface area contributed by atoms with Gasteiger partial charge in [-0.05, 0) is 42.0 Å². The quantitative estimate of drug-likeness (QED) is 0.596. The SMILES string of the molecule is COc1ccc(C(Oc2ccc(Cl)cc2Cl)c2cccnc2)cc1. The van der Waals surface area contributed by atoms with Gasteiger partial charge in [0.15, 0.2) is 6.10 Å². The Balaban J connectivity index is 1.98. The molecular formula is C19H15Cl2NO2. The van der Waals surface area contributed by atoms with E-state index in [9.17, 15) is 0 Å². The Hall–Kier alpha value is -2.23. The van der Waals surface area contributed by atoms with E-state index in [2.05, 4.69) is 4.98 Å². The van der Waals surface area contributed by atoms with Crippen LogP contribution in [0.3, 0.4) is 0 Å². The van der Waals surface area contributed by atoms with Crippen molar-refractivity contribution < 1.29 is 9.47 Å². The number of benzene rings is 2. The molecule has 2 aromatic carbocycles. The fourth-order valence-corrected chi connectivity index (χ4v) is 2.79. The summed E-state index contributed by atoms with van der Waals surface area (Å²) in [5, 5.41) is 1.03. The van der Waals surface area contributed by atoms with E-state index >= 15 is 0 Å². The van der Waals surface area contributed by atoms with Crippen LogP contribution in [-0.2, 0) is 0 Å². The first-order valence-corrected chi connectivity index (χ1v) is 8.08. The highest BCUT2D eigenvalue weighted by atomic mass is 35.5. The summed E-state index contributed by atoms with van der Waals surface area (Å²) in [6, 6.07) is 16.7. The summed E-state index contributed by atoms with van der Waals surface area (Å²) in [5.74, 6) is 1.35. The second kappa shape index (κ2) is 7.56. The van der Waals surface area contributed by atoms with E-state index in [1.807, 2.05) is 36.4 Å². The lowest BCUT2D eigenvalue weighted by Gasteiger charge is -2.21. The minimum absolute atomic E-state index is 0.344. The van der Waals surface area contributed by atoms with Gasteiger partial charge in [-0.25, -0.2) is 0 Å². The number of aromatic nitrogens is 1. The predicted octanol–water partition coefficient (Wildman–Crippen LogP) is 5.57. The largest absolute Gasteiger partial charge is 0.497 e. The van der Waals surface area contributed by atoms with Gasteiger partial charge in [0.05, 0.1) is 12.1 Å². The van der Waals surface area contributed by atoms with Crippen LogP contribution in [0.4, 0.5) is 0 Å². The number of rotatable bonds is 5. The van der Waals surface area contributed by atoms with Crippen LogP contribution < -0.4 is 9.47 Å². The summed E-state index contributed by atoms with van der Waals surface area (Å²) in [6.07, 6.45) is 3.16. The smallest absolute Gasteiger partial charge is 0.150 e. The van der Waals surface area contributed by atoms with E-state index in [1.165, 1.54) is 0 Å². The summed E-state index contributed by atoms with van der Waals surface area (Å²) >= 11 is 12.2. The first-order chi connectivity index (χ1) is 11.7. The van der Waals surface area contributed by atoms with Gasteiger partial charge in [0.2, 0.25) is 0 Å². The van der Waals surface area contributed by atoms with Gasteiger partial charge < -0.3 is 9.47 Å². The summed E-state index contributed by atoms with van der Waals surface area (Å²) in [5.41, 5.74) is 1.89. The van der Waals surface area contributed by atoms with Gasteiger partial charge in [-0.15, -0.1) is 0 Å². The van der Waals surface area contributed by atoms with Crippen LogP contribution in [0.5, 0.6) is 11.5 Å². The van der Waals surface area contributed by atoms with Crippen molar-refractivity contribution in [2.75, 3.05) is 7.11 Å². The lowest BCUT2D eigenvalue weighted by molar-refractivity contribution is 0.247. The molecule has 1 unspecified atom stereocenters. The van der Waals surface area contributed by atoms with Crippen molar-refractivity contribution in [3.63, 3.8) is 0 Å². The molecule has 0 saturated heterocycles. The van der Waals surface area contributed by atoms with Crippen molar-refractivity contribution in [3.8, 4) is 11.5 Å². The van der Waals surface area contributed by atoms with Crippen molar-refractivity contribution in [1.29, 1.82) is 0 Å². The Morgan fingerprint density at radius 3 is 2.38 bits per heavy atom. The molecule has 3 rings (SSSR count). The van der Waals surface area contributed by atoms with Crippen LogP contribution in [0.15, 0.2) is 67.0 Å². The maximum Gasteiger partial charge on any atom is 0.150 e. The summed E-state index contributed by atoms with van der Waals surface area (Å²) in [6.45, 7) is 0. The average molecular weight is 360 g/mol. The van der Waals surface area contributed by atoms with Crippen LogP contribution in [0.25, 0.3) is 0 Å². The fraction of sp³-hybridized carbons (Fsp3) is 0.105. The minimum Gasteiger partial charge on any atom is -0.497 e. The Morgan fingerprint density at radius 2 is 1.75 bits per heavy atom. The lowest BCUT2D eigenvalue weighted by atomic mass is 10.0. The van der Waals surface area contributed by atoms with Crippen molar-refractivity contribution in [2.24, 2.45) is 0 Å². The van der Waals surface area contributed by atoms with Crippen molar-refractivity contribution >= 4 is 23.2 Å². The first-order valence-electron chi connectivity index (χ1n) is 7.33. The molecule has 5 heteroatoms. The van der Waals surface area contributed by atoms with E-state index in [4.69, 9.17) is 32.7 Å². The fourth-order valence-electron chi connectivity index (χ4n) is 2.34. The van der Waals surface area contributed by atoms with Crippen molar-refractivity contribution in [3.05, 3.63) is 88.2 Å². The molecule has 0 radical (unpaired) electrons. The first kappa shape index (κ1) is 16.6. The molecule has 0 fully saturated rings. The Kier molecular flexibility index (Phi) is 5.24. The molecule has 0 aliphatic carbocycles. The van der Waals surface area contributed by atoms with Gasteiger partial charge in [-0.2, -0.15) is 0 Å². The highest BCUT2D eigenvalue weighted by Crippen LogP contribution is 2.34. The molecule has 1 aromatic heterocycles. The third-order valence-corrected chi connectivity index (χ3v) is 4.07. The van der Waals surface area contributed by atoms with Gasteiger partial charge in [0.1, 0.15) is 11.5 Å². The number of pyridine rings is 1. The van der Waals surface area contributed by atoms with Gasteiger partial charge in [0.25, 0.3) is 0 Å². The Labute approximate surface area is 150 Å². The van der Waals surface area contributed by atoms with Crippen LogP contribution in [0.1, 0.15) is 17.2 Å². The normalized spacial score (nSPS) is 11.8. The van der Waals surface area contributed by atoms with Crippen molar-refractivity contribution in [1.82, 2.24) is 4.98 Å². The summed E-state index contributed by atoms with van der Waals surface area (Å²) in [4.78, 5) is 4.18. The molecule has 1 heterocycles. The molecule has 0 bridgehead atoms. The van der Waals surface area contributed by atoms with Crippen LogP contribution in [0, 0.1) is 0 Å². The molecule has 0 spiro atoms. The predicted molar refractivity (Wildman–Crippen MR) is 96.2 cm³/mol. The molecule has 0 aliphatic rings. The molecule has 0 saturated carbocycles. The van der Waals surface area contributed by atoms with E-state index in [0.29, 0.717) is 15.8 Å². The highest BCUT2D eigenvalue weighted by molar-refractivity contribution is 6.35. The minimum atomic E-state index is -0.344. The van der Waals surface area contributed by atoms with Crippen molar-refractivity contribution in [2.45, 2.75) is 6.10 Å². The molecule has 3 aromatic rings. The molecule has 0 N–H and O–H groups in total. The molecule has 1 atom stereocenters. The molecule has 0 aliphatic heterocycles. The highest BCUT2D eigenvalue weighted by Gasteiger charge is 2.18. The standard InChI is InChI=1S/C19H15Cl2NO2/c1-23-16-7-4-13(5-8-16)19(14-3-2-10-22-12-14)24-18-9-6-15(20)11-17(18)21/h2-12,19H,1H3. The summed E-state index contributed by atoms with van der Waals surface area (Å²) < 4.78 is 11.4. The third-order valence-electron chi connectivity index (χ3n) is 3.54. The molecule has 122 valence electrons. The number of hydrogen-bond donors (Lipinski definition) is 0. The Bertz CT molecular complexity index is 807. The van der Waals surface area contributed by atoms with Crippen LogP contribution >= 0.6 is 23.2 Å². The maximum atomic E-state index is 6.25. The third kappa shape index (κ3) is 3.81. The second-order valence-corrected chi connectivity index (χ2v) is 5.98. The van der Waals surface area contributed by atoms with E-state index in [1.54, 1.807) is 37.7 Å². The molecule has 0 amide bonds. The maximum absolute atomic E-state index is 6.25. The van der Waals surface area contributed by atoms with Gasteiger partial charge in [0, 0.05) is 23.0 Å². The number of ether oxygens (including phenoxy) is 2. The van der Waals surface area contributed by atoms with Gasteiger partial charge in [-0.3, -0.25) is 4.98 Å². The van der Waals surface area contributed by atoms with E-state index in [0.717, 1.165) is 16.9 Å². The zero-order valence-electron chi connectivity index (χ0n) is 12.9. The zero-order chi connectivity index (χ0) is 16.9. The molecular weight excluding hydrogens is 345 g/mol. The molecule has 24 heavy (non-hydrogen) atoms. The number of halogens is 2. The van der Waals surface area contributed by atoms with Gasteiger partial charge >= 0.3 is 0 Å². The lowest BCUT2D eigenvalue weighted by Crippen LogP contribution is -2.10. The van der Waals surface area contributed by atoms with Crippen LogP contribution in [0.2, 0.25) is 10.0 Å². The second-order valence-electron chi connectivity index (χ2n) is 5.13. The number of nitrogens with zero attached hydrogens (tertiary/aromatic N) is 1. The molecule has 3 nitrogen and oxygen atoms in total. The number of methoxy groups -OCH3 is 1. The number of hydrogen-bond acceptors (Lipinski definition) is 3. The monoisotopic (exact) mass is 359 g/mol. The van der Waals surface area contributed by atoms with Crippen LogP contribution in [-0.4, -0.2) is 12.1 Å². The average Bonchev–Trinajstić information content (AvgIpc) is 2.62. The van der Waals surface area contributed by atoms with E-state index < -0.39 is 0 Å². The van der Waals surface area contributed by atoms with Gasteiger partial charge in [-0.1, -0.05) is 41.4 Å². The zero-order valence-corrected chi connectivity index (χ0v) is 14.5. The summed E-state index contributed by atoms with van der Waals surface area (Å²) in [7, 11) is 1.64. The Morgan fingerprint density at radius 1 is 0.958 bits per heavy atom. The van der Waals surface area contributed by atoms with E-state index in [-0.39, 0.29) is 6.10 Å². The topological polar surface area (TPSA) is 31.4 Å².